The van der Waals surface area contributed by atoms with Crippen molar-refractivity contribution < 1.29 is 4.74 Å². The predicted molar refractivity (Wildman–Crippen MR) is 43.3 cm³/mol. The van der Waals surface area contributed by atoms with Gasteiger partial charge in [-0.2, -0.15) is 0 Å². The summed E-state index contributed by atoms with van der Waals surface area (Å²) in [6.45, 7) is 3.04. The first-order valence-corrected chi connectivity index (χ1v) is 4.19. The zero-order chi connectivity index (χ0) is 7.90. The van der Waals surface area contributed by atoms with E-state index in [1.165, 1.54) is 6.42 Å². The SMILES string of the molecule is CC1CCC2(CN=C(N)O2)C1. The second kappa shape index (κ2) is 2.13. The fourth-order valence-electron chi connectivity index (χ4n) is 2.09. The molecule has 1 saturated carbocycles. The molecular formula is C8H14N2O. The van der Waals surface area contributed by atoms with Crippen LogP contribution in [-0.4, -0.2) is 18.2 Å². The third-order valence-corrected chi connectivity index (χ3v) is 2.66. The van der Waals surface area contributed by atoms with Crippen LogP contribution in [0.1, 0.15) is 26.2 Å². The zero-order valence-electron chi connectivity index (χ0n) is 6.84. The summed E-state index contributed by atoms with van der Waals surface area (Å²) in [5.41, 5.74) is 5.47. The average molecular weight is 154 g/mol. The number of hydrogen-bond acceptors (Lipinski definition) is 3. The fraction of sp³-hybridized carbons (Fsp3) is 0.875. The third kappa shape index (κ3) is 1.08. The second-order valence-electron chi connectivity index (χ2n) is 3.79. The van der Waals surface area contributed by atoms with E-state index < -0.39 is 0 Å². The first-order valence-electron chi connectivity index (χ1n) is 4.19. The first kappa shape index (κ1) is 6.95. The van der Waals surface area contributed by atoms with E-state index >= 15 is 0 Å². The van der Waals surface area contributed by atoms with Crippen molar-refractivity contribution in [1.29, 1.82) is 0 Å². The maximum atomic E-state index is 5.51. The molecule has 2 N–H and O–H groups in total. The minimum Gasteiger partial charge on any atom is -0.457 e. The molecule has 2 unspecified atom stereocenters. The van der Waals surface area contributed by atoms with E-state index in [0.717, 1.165) is 25.3 Å². The van der Waals surface area contributed by atoms with Crippen molar-refractivity contribution in [2.24, 2.45) is 16.6 Å². The van der Waals surface area contributed by atoms with E-state index in [1.807, 2.05) is 0 Å². The molecule has 1 aliphatic heterocycles. The molecule has 11 heavy (non-hydrogen) atoms. The van der Waals surface area contributed by atoms with Gasteiger partial charge in [0.15, 0.2) is 0 Å². The Morgan fingerprint density at radius 3 is 3.00 bits per heavy atom. The highest BCUT2D eigenvalue weighted by Gasteiger charge is 2.42. The van der Waals surface area contributed by atoms with Crippen LogP contribution in [0.2, 0.25) is 0 Å². The normalized spacial score (nSPS) is 42.6. The van der Waals surface area contributed by atoms with Crippen molar-refractivity contribution in [3.05, 3.63) is 0 Å². The Labute approximate surface area is 66.6 Å². The van der Waals surface area contributed by atoms with Gasteiger partial charge in [-0.25, -0.2) is 4.99 Å². The molecule has 3 heteroatoms. The number of aliphatic imine (C=N–C) groups is 1. The van der Waals surface area contributed by atoms with Crippen LogP contribution in [0.15, 0.2) is 4.99 Å². The van der Waals surface area contributed by atoms with Crippen LogP contribution in [0, 0.1) is 5.92 Å². The van der Waals surface area contributed by atoms with Gasteiger partial charge >= 0.3 is 0 Å². The highest BCUT2D eigenvalue weighted by Crippen LogP contribution is 2.39. The lowest BCUT2D eigenvalue weighted by molar-refractivity contribution is 0.0898. The van der Waals surface area contributed by atoms with Gasteiger partial charge in [-0.05, 0) is 25.2 Å². The summed E-state index contributed by atoms with van der Waals surface area (Å²) < 4.78 is 5.51. The number of ether oxygens (including phenoxy) is 1. The highest BCUT2D eigenvalue weighted by atomic mass is 16.5. The maximum Gasteiger partial charge on any atom is 0.282 e. The number of nitrogens with two attached hydrogens (primary N) is 1. The second-order valence-corrected chi connectivity index (χ2v) is 3.79. The Balaban J connectivity index is 2.05. The van der Waals surface area contributed by atoms with Gasteiger partial charge in [0, 0.05) is 0 Å². The van der Waals surface area contributed by atoms with Crippen LogP contribution in [-0.2, 0) is 4.74 Å². The standard InChI is InChI=1S/C8H14N2O/c1-6-2-3-8(4-6)5-10-7(9)11-8/h6H,2-5H2,1H3,(H2,9,10). The van der Waals surface area contributed by atoms with Gasteiger partial charge in [0.05, 0.1) is 6.54 Å². The summed E-state index contributed by atoms with van der Waals surface area (Å²) in [6.07, 6.45) is 3.50. The lowest BCUT2D eigenvalue weighted by atomic mass is 10.0. The van der Waals surface area contributed by atoms with E-state index in [0.29, 0.717) is 6.02 Å². The molecule has 0 amide bonds. The summed E-state index contributed by atoms with van der Waals surface area (Å²) in [4.78, 5) is 4.08. The molecule has 2 rings (SSSR count). The van der Waals surface area contributed by atoms with E-state index in [2.05, 4.69) is 11.9 Å². The summed E-state index contributed by atoms with van der Waals surface area (Å²) in [6, 6.07) is 0.388. The topological polar surface area (TPSA) is 47.6 Å². The Morgan fingerprint density at radius 2 is 2.55 bits per heavy atom. The minimum atomic E-state index is 0.00347. The monoisotopic (exact) mass is 154 g/mol. The summed E-state index contributed by atoms with van der Waals surface area (Å²) in [5.74, 6) is 0.774. The van der Waals surface area contributed by atoms with Crippen molar-refractivity contribution in [2.75, 3.05) is 6.54 Å². The molecule has 0 aromatic carbocycles. The first-order chi connectivity index (χ1) is 5.20. The maximum absolute atomic E-state index is 5.51. The van der Waals surface area contributed by atoms with Gasteiger partial charge in [0.2, 0.25) is 0 Å². The van der Waals surface area contributed by atoms with Gasteiger partial charge in [0.1, 0.15) is 5.60 Å². The van der Waals surface area contributed by atoms with Gasteiger partial charge in [0.25, 0.3) is 6.02 Å². The fourth-order valence-corrected chi connectivity index (χ4v) is 2.09. The molecular weight excluding hydrogens is 140 g/mol. The molecule has 0 saturated heterocycles. The van der Waals surface area contributed by atoms with Gasteiger partial charge in [-0.1, -0.05) is 6.92 Å². The van der Waals surface area contributed by atoms with Gasteiger partial charge in [-0.3, -0.25) is 0 Å². The molecule has 62 valence electrons. The molecule has 0 radical (unpaired) electrons. The van der Waals surface area contributed by atoms with Gasteiger partial charge < -0.3 is 10.5 Å². The van der Waals surface area contributed by atoms with Crippen molar-refractivity contribution in [3.8, 4) is 0 Å². The average Bonchev–Trinajstić information content (AvgIpc) is 2.44. The molecule has 1 aliphatic carbocycles. The Bertz CT molecular complexity index is 202. The predicted octanol–water partition coefficient (Wildman–Crippen LogP) is 0.890. The number of amidine groups is 1. The van der Waals surface area contributed by atoms with Crippen LogP contribution in [0.5, 0.6) is 0 Å². The Kier molecular flexibility index (Phi) is 1.34. The molecule has 1 spiro atoms. The van der Waals surface area contributed by atoms with Crippen LogP contribution < -0.4 is 5.73 Å². The summed E-state index contributed by atoms with van der Waals surface area (Å²) in [7, 11) is 0. The van der Waals surface area contributed by atoms with Crippen molar-refractivity contribution in [3.63, 3.8) is 0 Å². The molecule has 0 bridgehead atoms. The largest absolute Gasteiger partial charge is 0.457 e. The highest BCUT2D eigenvalue weighted by molar-refractivity contribution is 5.73. The Morgan fingerprint density at radius 1 is 1.73 bits per heavy atom. The van der Waals surface area contributed by atoms with E-state index in [4.69, 9.17) is 10.5 Å². The Hall–Kier alpha value is -0.730. The van der Waals surface area contributed by atoms with Crippen LogP contribution >= 0.6 is 0 Å². The number of nitrogens with zero attached hydrogens (tertiary/aromatic N) is 1. The molecule has 2 aliphatic rings. The molecule has 0 aromatic rings. The molecule has 1 heterocycles. The van der Waals surface area contributed by atoms with E-state index in [9.17, 15) is 0 Å². The van der Waals surface area contributed by atoms with Crippen molar-refractivity contribution >= 4 is 6.02 Å². The lowest BCUT2D eigenvalue weighted by Crippen LogP contribution is -2.31. The number of rotatable bonds is 0. The summed E-state index contributed by atoms with van der Waals surface area (Å²) >= 11 is 0. The molecule has 0 aromatic heterocycles. The van der Waals surface area contributed by atoms with E-state index in [-0.39, 0.29) is 5.60 Å². The zero-order valence-corrected chi connectivity index (χ0v) is 6.84. The molecule has 3 nitrogen and oxygen atoms in total. The van der Waals surface area contributed by atoms with Crippen molar-refractivity contribution in [1.82, 2.24) is 0 Å². The quantitative estimate of drug-likeness (QED) is 0.563. The van der Waals surface area contributed by atoms with Gasteiger partial charge in [-0.15, -0.1) is 0 Å². The summed E-state index contributed by atoms with van der Waals surface area (Å²) in [5, 5.41) is 0. The number of hydrogen-bond donors (Lipinski definition) is 1. The van der Waals surface area contributed by atoms with Crippen LogP contribution in [0.25, 0.3) is 0 Å². The smallest absolute Gasteiger partial charge is 0.282 e. The van der Waals surface area contributed by atoms with Crippen molar-refractivity contribution in [2.45, 2.75) is 31.8 Å². The molecule has 2 atom stereocenters. The minimum absolute atomic E-state index is 0.00347. The van der Waals surface area contributed by atoms with E-state index in [1.54, 1.807) is 0 Å². The van der Waals surface area contributed by atoms with Crippen LogP contribution in [0.4, 0.5) is 0 Å². The molecule has 1 fully saturated rings. The lowest BCUT2D eigenvalue weighted by Gasteiger charge is -2.21. The van der Waals surface area contributed by atoms with Crippen LogP contribution in [0.3, 0.4) is 0 Å². The third-order valence-electron chi connectivity index (χ3n) is 2.66.